The molecule has 0 spiro atoms. The van der Waals surface area contributed by atoms with Gasteiger partial charge in [-0.05, 0) is 57.5 Å². The van der Waals surface area contributed by atoms with Gasteiger partial charge in [0.05, 0.1) is 16.9 Å². The number of rotatable bonds is 7. The second-order valence-corrected chi connectivity index (χ2v) is 8.13. The molecule has 0 saturated carbocycles. The Morgan fingerprint density at radius 2 is 1.62 bits per heavy atom. The van der Waals surface area contributed by atoms with Crippen LogP contribution in [0.25, 0.3) is 0 Å². The Labute approximate surface area is 210 Å². The number of carbonyl (C=O) groups excluding carboxylic acids is 1. The molecule has 198 valence electrons. The van der Waals surface area contributed by atoms with Crippen molar-refractivity contribution in [3.05, 3.63) is 76.2 Å². The highest BCUT2D eigenvalue weighted by atomic mass is 19.4. The number of halogens is 3. The quantitative estimate of drug-likeness (QED) is 0.401. The number of anilines is 2. The lowest BCUT2D eigenvalue weighted by atomic mass is 10.1. The zero-order valence-corrected chi connectivity index (χ0v) is 20.5. The third-order valence-electron chi connectivity index (χ3n) is 5.33. The van der Waals surface area contributed by atoms with Gasteiger partial charge in [-0.15, -0.1) is 0 Å². The summed E-state index contributed by atoms with van der Waals surface area (Å²) >= 11 is 0. The normalized spacial score (nSPS) is 10.8. The number of alkyl halides is 3. The van der Waals surface area contributed by atoms with Gasteiger partial charge in [0.1, 0.15) is 5.76 Å². The van der Waals surface area contributed by atoms with Crippen molar-refractivity contribution in [3.63, 3.8) is 0 Å². The standard InChI is InChI=1S/C23H25N3O4.C2HF3O2/c1-14-5-7-17(8-6-14)22(27)24-18-9-10-21(20(13-18)23(28)29)26(4)12-11-19-15(2)25-30-16(19)3;3-2(4,5)1(6)7/h5-10,13H,11-12H2,1-4H3,(H,24,27)(H,28,29);(H,6,7). The van der Waals surface area contributed by atoms with Gasteiger partial charge in [-0.2, -0.15) is 13.2 Å². The Balaban J connectivity index is 0.000000604. The summed E-state index contributed by atoms with van der Waals surface area (Å²) in [5, 5.41) is 23.5. The van der Waals surface area contributed by atoms with Crippen molar-refractivity contribution in [2.75, 3.05) is 23.8 Å². The van der Waals surface area contributed by atoms with Gasteiger partial charge in [0, 0.05) is 30.4 Å². The van der Waals surface area contributed by atoms with Crippen molar-refractivity contribution in [1.29, 1.82) is 0 Å². The molecule has 0 aliphatic carbocycles. The minimum absolute atomic E-state index is 0.123. The number of carboxylic acids is 2. The van der Waals surface area contributed by atoms with Crippen molar-refractivity contribution in [3.8, 4) is 0 Å². The molecule has 0 fully saturated rings. The highest BCUT2D eigenvalue weighted by Crippen LogP contribution is 2.25. The van der Waals surface area contributed by atoms with Crippen LogP contribution in [0.3, 0.4) is 0 Å². The molecular weight excluding hydrogens is 495 g/mol. The maximum Gasteiger partial charge on any atom is 0.490 e. The summed E-state index contributed by atoms with van der Waals surface area (Å²) in [5.41, 5.74) is 4.57. The van der Waals surface area contributed by atoms with Crippen molar-refractivity contribution >= 4 is 29.2 Å². The number of nitrogens with zero attached hydrogens (tertiary/aromatic N) is 2. The molecule has 0 unspecified atom stereocenters. The molecule has 2 aromatic carbocycles. The number of carbonyl (C=O) groups is 3. The van der Waals surface area contributed by atoms with Gasteiger partial charge < -0.3 is 25.0 Å². The molecule has 3 N–H and O–H groups in total. The fourth-order valence-electron chi connectivity index (χ4n) is 3.28. The summed E-state index contributed by atoms with van der Waals surface area (Å²) in [4.78, 5) is 35.1. The van der Waals surface area contributed by atoms with Gasteiger partial charge in [0.2, 0.25) is 0 Å². The van der Waals surface area contributed by atoms with E-state index in [9.17, 15) is 27.9 Å². The molecule has 0 aliphatic rings. The van der Waals surface area contributed by atoms with Crippen LogP contribution in [0.5, 0.6) is 0 Å². The molecule has 0 saturated heterocycles. The maximum atomic E-state index is 12.4. The Morgan fingerprint density at radius 1 is 1.03 bits per heavy atom. The minimum atomic E-state index is -5.08. The van der Waals surface area contributed by atoms with E-state index in [1.54, 1.807) is 24.3 Å². The molecular formula is C25H26F3N3O6. The largest absolute Gasteiger partial charge is 0.490 e. The molecule has 3 aromatic rings. The molecule has 1 heterocycles. The molecule has 1 amide bonds. The lowest BCUT2D eigenvalue weighted by Crippen LogP contribution is -2.23. The summed E-state index contributed by atoms with van der Waals surface area (Å²) in [5.74, 6) is -3.33. The highest BCUT2D eigenvalue weighted by molar-refractivity contribution is 6.05. The minimum Gasteiger partial charge on any atom is -0.478 e. The molecule has 37 heavy (non-hydrogen) atoms. The second kappa shape index (κ2) is 12.1. The number of benzene rings is 2. The SMILES string of the molecule is Cc1ccc(C(=O)Nc2ccc(N(C)CCc3c(C)noc3C)c(C(=O)O)c2)cc1.O=C(O)C(F)(F)F. The van der Waals surface area contributed by atoms with Gasteiger partial charge >= 0.3 is 18.1 Å². The molecule has 1 aromatic heterocycles. The summed E-state index contributed by atoms with van der Waals surface area (Å²) in [6.45, 7) is 6.30. The Bertz CT molecular complexity index is 1250. The van der Waals surface area contributed by atoms with Crippen LogP contribution in [0.4, 0.5) is 24.5 Å². The van der Waals surface area contributed by atoms with Crippen molar-refractivity contribution in [2.24, 2.45) is 0 Å². The van der Waals surface area contributed by atoms with Crippen LogP contribution in [-0.4, -0.2) is 53.0 Å². The van der Waals surface area contributed by atoms with Crippen molar-refractivity contribution < 1.29 is 42.3 Å². The van der Waals surface area contributed by atoms with Crippen molar-refractivity contribution in [1.82, 2.24) is 5.16 Å². The third-order valence-corrected chi connectivity index (χ3v) is 5.33. The van der Waals surface area contributed by atoms with Crippen LogP contribution >= 0.6 is 0 Å². The van der Waals surface area contributed by atoms with Gasteiger partial charge in [0.25, 0.3) is 5.91 Å². The average molecular weight is 521 g/mol. The van der Waals surface area contributed by atoms with E-state index >= 15 is 0 Å². The Kier molecular flexibility index (Phi) is 9.42. The first-order valence-corrected chi connectivity index (χ1v) is 10.9. The number of hydrogen-bond donors (Lipinski definition) is 3. The predicted octanol–water partition coefficient (Wildman–Crippen LogP) is 4.86. The van der Waals surface area contributed by atoms with E-state index in [-0.39, 0.29) is 11.5 Å². The van der Waals surface area contributed by atoms with E-state index < -0.39 is 18.1 Å². The molecule has 0 aliphatic heterocycles. The summed E-state index contributed by atoms with van der Waals surface area (Å²) in [7, 11) is 1.84. The van der Waals surface area contributed by atoms with Gasteiger partial charge in [-0.3, -0.25) is 4.79 Å². The van der Waals surface area contributed by atoms with Gasteiger partial charge in [-0.25, -0.2) is 9.59 Å². The van der Waals surface area contributed by atoms with E-state index in [1.165, 1.54) is 6.07 Å². The number of carboxylic acid groups (broad SMARTS) is 2. The molecule has 0 atom stereocenters. The number of amides is 1. The van der Waals surface area contributed by atoms with E-state index in [2.05, 4.69) is 10.5 Å². The topological polar surface area (TPSA) is 133 Å². The first-order chi connectivity index (χ1) is 17.2. The van der Waals surface area contributed by atoms with Gasteiger partial charge in [0.15, 0.2) is 0 Å². The summed E-state index contributed by atoms with van der Waals surface area (Å²) in [6, 6.07) is 12.1. The van der Waals surface area contributed by atoms with Gasteiger partial charge in [-0.1, -0.05) is 22.9 Å². The van der Waals surface area contributed by atoms with E-state index in [1.807, 2.05) is 44.9 Å². The first-order valence-electron chi connectivity index (χ1n) is 10.9. The van der Waals surface area contributed by atoms with E-state index in [0.29, 0.717) is 29.9 Å². The maximum absolute atomic E-state index is 12.4. The Hall–Kier alpha value is -4.35. The number of aromatic carboxylic acids is 1. The zero-order chi connectivity index (χ0) is 27.9. The fraction of sp³-hybridized carbons (Fsp3) is 0.280. The molecule has 0 bridgehead atoms. The number of aryl methyl sites for hydroxylation is 3. The zero-order valence-electron chi connectivity index (χ0n) is 20.5. The number of likely N-dealkylation sites (N-methyl/N-ethyl adjacent to an activating group) is 1. The van der Waals surface area contributed by atoms with Crippen LogP contribution in [0.15, 0.2) is 47.0 Å². The summed E-state index contributed by atoms with van der Waals surface area (Å²) < 4.78 is 36.9. The molecule has 9 nitrogen and oxygen atoms in total. The first kappa shape index (κ1) is 28.9. The number of aliphatic carboxylic acids is 1. The van der Waals surface area contributed by atoms with Crippen LogP contribution in [0, 0.1) is 20.8 Å². The van der Waals surface area contributed by atoms with E-state index in [0.717, 1.165) is 22.6 Å². The predicted molar refractivity (Wildman–Crippen MR) is 129 cm³/mol. The number of hydrogen-bond acceptors (Lipinski definition) is 6. The molecule has 12 heteroatoms. The molecule has 0 radical (unpaired) electrons. The lowest BCUT2D eigenvalue weighted by Gasteiger charge is -2.22. The Morgan fingerprint density at radius 3 is 2.11 bits per heavy atom. The average Bonchev–Trinajstić information content (AvgIpc) is 3.14. The smallest absolute Gasteiger partial charge is 0.478 e. The number of aromatic nitrogens is 1. The summed E-state index contributed by atoms with van der Waals surface area (Å²) in [6.07, 6.45) is -4.40. The fourth-order valence-corrected chi connectivity index (χ4v) is 3.28. The monoisotopic (exact) mass is 521 g/mol. The second-order valence-electron chi connectivity index (χ2n) is 8.13. The van der Waals surface area contributed by atoms with Crippen LogP contribution in [0.1, 0.15) is 43.3 Å². The lowest BCUT2D eigenvalue weighted by molar-refractivity contribution is -0.192. The van der Waals surface area contributed by atoms with Crippen LogP contribution < -0.4 is 10.2 Å². The van der Waals surface area contributed by atoms with Crippen LogP contribution in [0.2, 0.25) is 0 Å². The number of nitrogens with one attached hydrogen (secondary N) is 1. The molecule has 3 rings (SSSR count). The van der Waals surface area contributed by atoms with E-state index in [4.69, 9.17) is 14.4 Å². The van der Waals surface area contributed by atoms with Crippen LogP contribution in [-0.2, 0) is 11.2 Å². The third kappa shape index (κ3) is 8.09. The highest BCUT2D eigenvalue weighted by Gasteiger charge is 2.38. The van der Waals surface area contributed by atoms with Crippen molar-refractivity contribution in [2.45, 2.75) is 33.4 Å².